The molecule has 2 aliphatic rings. The molecule has 64 valence electrons. The molecule has 1 saturated carbocycles. The lowest BCUT2D eigenvalue weighted by Crippen LogP contribution is -2.39. The molecule has 1 unspecified atom stereocenters. The smallest absolute Gasteiger partial charge is 0.148 e. The summed E-state index contributed by atoms with van der Waals surface area (Å²) in [5.41, 5.74) is 0.109. The molecule has 2 fully saturated rings. The van der Waals surface area contributed by atoms with Crippen molar-refractivity contribution < 1.29 is 9.47 Å². The van der Waals surface area contributed by atoms with Crippen LogP contribution in [0, 0.1) is 0 Å². The molecule has 1 saturated heterocycles. The van der Waals surface area contributed by atoms with Crippen LogP contribution in [0.15, 0.2) is 0 Å². The van der Waals surface area contributed by atoms with Crippen LogP contribution < -0.4 is 0 Å². The zero-order valence-electron chi connectivity index (χ0n) is 7.14. The van der Waals surface area contributed by atoms with Crippen LogP contribution in [0.1, 0.15) is 39.0 Å². The maximum atomic E-state index is 5.67. The fraction of sp³-hybridized carbons (Fsp3) is 1.00. The average Bonchev–Trinajstić information content (AvgIpc) is 2.36. The van der Waals surface area contributed by atoms with Gasteiger partial charge >= 0.3 is 0 Å². The Morgan fingerprint density at radius 3 is 2.45 bits per heavy atom. The number of hydrogen-bond acceptors (Lipinski definition) is 2. The van der Waals surface area contributed by atoms with Crippen molar-refractivity contribution >= 4 is 0 Å². The van der Waals surface area contributed by atoms with Gasteiger partial charge in [0.2, 0.25) is 0 Å². The van der Waals surface area contributed by atoms with E-state index in [2.05, 4.69) is 6.92 Å². The van der Waals surface area contributed by atoms with Crippen LogP contribution in [0.5, 0.6) is 0 Å². The lowest BCUT2D eigenvalue weighted by atomic mass is 9.81. The van der Waals surface area contributed by atoms with E-state index in [9.17, 15) is 0 Å². The summed E-state index contributed by atoms with van der Waals surface area (Å²) in [6, 6.07) is 0. The highest BCUT2D eigenvalue weighted by Gasteiger charge is 2.43. The molecular weight excluding hydrogens is 140 g/mol. The Bertz CT molecular complexity index is 138. The SMILES string of the molecule is CC1OCOC12CCCCC2. The molecule has 1 aliphatic heterocycles. The Hall–Kier alpha value is -0.0800. The van der Waals surface area contributed by atoms with E-state index in [0.29, 0.717) is 12.9 Å². The molecule has 11 heavy (non-hydrogen) atoms. The summed E-state index contributed by atoms with van der Waals surface area (Å²) in [7, 11) is 0. The summed E-state index contributed by atoms with van der Waals surface area (Å²) in [4.78, 5) is 0. The highest BCUT2D eigenvalue weighted by molar-refractivity contribution is 4.91. The van der Waals surface area contributed by atoms with Crippen LogP contribution in [-0.4, -0.2) is 18.5 Å². The molecule has 0 aromatic carbocycles. The lowest BCUT2D eigenvalue weighted by Gasteiger charge is -2.34. The number of ether oxygens (including phenoxy) is 2. The fourth-order valence-electron chi connectivity index (χ4n) is 2.22. The van der Waals surface area contributed by atoms with Crippen molar-refractivity contribution in [1.82, 2.24) is 0 Å². The average molecular weight is 156 g/mol. The highest BCUT2D eigenvalue weighted by Crippen LogP contribution is 2.38. The van der Waals surface area contributed by atoms with Crippen LogP contribution >= 0.6 is 0 Å². The highest BCUT2D eigenvalue weighted by atomic mass is 16.7. The molecule has 0 bridgehead atoms. The molecule has 2 rings (SSSR count). The van der Waals surface area contributed by atoms with E-state index in [1.165, 1.54) is 32.1 Å². The molecule has 1 spiro atoms. The zero-order chi connectivity index (χ0) is 7.73. The largest absolute Gasteiger partial charge is 0.349 e. The Labute approximate surface area is 67.9 Å². The van der Waals surface area contributed by atoms with Crippen molar-refractivity contribution in [3.63, 3.8) is 0 Å². The molecule has 1 heterocycles. The first-order valence-corrected chi connectivity index (χ1v) is 4.59. The second-order valence-corrected chi connectivity index (χ2v) is 3.70. The Balaban J connectivity index is 2.06. The van der Waals surface area contributed by atoms with E-state index in [1.807, 2.05) is 0 Å². The third-order valence-corrected chi connectivity index (χ3v) is 3.11. The number of hydrogen-bond donors (Lipinski definition) is 0. The molecule has 0 aromatic rings. The third kappa shape index (κ3) is 1.18. The molecule has 1 atom stereocenters. The first kappa shape index (κ1) is 7.56. The fourth-order valence-corrected chi connectivity index (χ4v) is 2.22. The van der Waals surface area contributed by atoms with Crippen molar-refractivity contribution in [2.75, 3.05) is 6.79 Å². The van der Waals surface area contributed by atoms with Crippen molar-refractivity contribution in [1.29, 1.82) is 0 Å². The third-order valence-electron chi connectivity index (χ3n) is 3.11. The number of rotatable bonds is 0. The van der Waals surface area contributed by atoms with Crippen LogP contribution in [0.4, 0.5) is 0 Å². The van der Waals surface area contributed by atoms with Gasteiger partial charge in [0.25, 0.3) is 0 Å². The van der Waals surface area contributed by atoms with E-state index < -0.39 is 0 Å². The van der Waals surface area contributed by atoms with Gasteiger partial charge in [-0.2, -0.15) is 0 Å². The first-order valence-electron chi connectivity index (χ1n) is 4.59. The summed E-state index contributed by atoms with van der Waals surface area (Å²) in [5.74, 6) is 0. The minimum atomic E-state index is 0.109. The topological polar surface area (TPSA) is 18.5 Å². The normalized spacial score (nSPS) is 36.3. The van der Waals surface area contributed by atoms with E-state index >= 15 is 0 Å². The van der Waals surface area contributed by atoms with Gasteiger partial charge in [0.1, 0.15) is 6.79 Å². The summed E-state index contributed by atoms with van der Waals surface area (Å²) in [6.07, 6.45) is 6.73. The molecule has 0 N–H and O–H groups in total. The predicted molar refractivity (Wildman–Crippen MR) is 42.3 cm³/mol. The van der Waals surface area contributed by atoms with Gasteiger partial charge in [0, 0.05) is 0 Å². The monoisotopic (exact) mass is 156 g/mol. The lowest BCUT2D eigenvalue weighted by molar-refractivity contribution is -0.0340. The van der Waals surface area contributed by atoms with Gasteiger partial charge in [-0.3, -0.25) is 0 Å². The van der Waals surface area contributed by atoms with Gasteiger partial charge in [-0.1, -0.05) is 19.3 Å². The first-order chi connectivity index (χ1) is 5.33. The summed E-state index contributed by atoms with van der Waals surface area (Å²) >= 11 is 0. The molecular formula is C9H16O2. The van der Waals surface area contributed by atoms with Gasteiger partial charge in [-0.25, -0.2) is 0 Å². The van der Waals surface area contributed by atoms with Gasteiger partial charge in [0.15, 0.2) is 0 Å². The molecule has 0 amide bonds. The molecule has 2 nitrogen and oxygen atoms in total. The van der Waals surface area contributed by atoms with Gasteiger partial charge in [0.05, 0.1) is 11.7 Å². The van der Waals surface area contributed by atoms with Crippen molar-refractivity contribution in [3.05, 3.63) is 0 Å². The van der Waals surface area contributed by atoms with Crippen molar-refractivity contribution in [2.45, 2.75) is 50.7 Å². The predicted octanol–water partition coefficient (Wildman–Crippen LogP) is 2.08. The minimum Gasteiger partial charge on any atom is -0.349 e. The molecule has 1 aliphatic carbocycles. The van der Waals surface area contributed by atoms with Crippen LogP contribution in [0.25, 0.3) is 0 Å². The quantitative estimate of drug-likeness (QED) is 0.534. The summed E-state index contributed by atoms with van der Waals surface area (Å²) in [5, 5.41) is 0. The standard InChI is InChI=1S/C9H16O2/c1-8-9(11-7-10-8)5-3-2-4-6-9/h8H,2-7H2,1H3. The van der Waals surface area contributed by atoms with Gasteiger partial charge in [-0.15, -0.1) is 0 Å². The molecule has 0 aromatic heterocycles. The van der Waals surface area contributed by atoms with Crippen molar-refractivity contribution in [3.8, 4) is 0 Å². The molecule has 2 heteroatoms. The summed E-state index contributed by atoms with van der Waals surface area (Å²) in [6.45, 7) is 2.65. The van der Waals surface area contributed by atoms with E-state index in [0.717, 1.165) is 0 Å². The zero-order valence-corrected chi connectivity index (χ0v) is 7.14. The van der Waals surface area contributed by atoms with E-state index in [4.69, 9.17) is 9.47 Å². The van der Waals surface area contributed by atoms with Crippen LogP contribution in [0.2, 0.25) is 0 Å². The molecule has 0 radical (unpaired) electrons. The van der Waals surface area contributed by atoms with Gasteiger partial charge < -0.3 is 9.47 Å². The van der Waals surface area contributed by atoms with E-state index in [1.54, 1.807) is 0 Å². The minimum absolute atomic E-state index is 0.109. The maximum absolute atomic E-state index is 5.67. The van der Waals surface area contributed by atoms with Crippen LogP contribution in [0.3, 0.4) is 0 Å². The van der Waals surface area contributed by atoms with Crippen LogP contribution in [-0.2, 0) is 9.47 Å². The Kier molecular flexibility index (Phi) is 1.90. The van der Waals surface area contributed by atoms with E-state index in [-0.39, 0.29) is 5.60 Å². The Morgan fingerprint density at radius 1 is 1.18 bits per heavy atom. The Morgan fingerprint density at radius 2 is 1.91 bits per heavy atom. The van der Waals surface area contributed by atoms with Crippen molar-refractivity contribution in [2.24, 2.45) is 0 Å². The maximum Gasteiger partial charge on any atom is 0.148 e. The second-order valence-electron chi connectivity index (χ2n) is 3.70. The second kappa shape index (κ2) is 2.76. The summed E-state index contributed by atoms with van der Waals surface area (Å²) < 4.78 is 11.1. The van der Waals surface area contributed by atoms with Gasteiger partial charge in [-0.05, 0) is 19.8 Å².